The van der Waals surface area contributed by atoms with Crippen LogP contribution >= 0.6 is 11.6 Å². The summed E-state index contributed by atoms with van der Waals surface area (Å²) in [6, 6.07) is 13.7. The van der Waals surface area contributed by atoms with Gasteiger partial charge < -0.3 is 20.1 Å². The number of ether oxygens (including phenoxy) is 2. The van der Waals surface area contributed by atoms with E-state index in [1.165, 1.54) is 7.11 Å². The fourth-order valence-electron chi connectivity index (χ4n) is 2.83. The van der Waals surface area contributed by atoms with Gasteiger partial charge >= 0.3 is 12.0 Å². The second-order valence-corrected chi connectivity index (χ2v) is 6.48. The average molecular weight is 387 g/mol. The summed E-state index contributed by atoms with van der Waals surface area (Å²) in [6.07, 6.45) is 0. The molecule has 140 valence electrons. The summed E-state index contributed by atoms with van der Waals surface area (Å²) in [4.78, 5) is 23.9. The molecule has 2 aromatic rings. The minimum atomic E-state index is -0.587. The van der Waals surface area contributed by atoms with Crippen LogP contribution in [0.3, 0.4) is 0 Å². The lowest BCUT2D eigenvalue weighted by Crippen LogP contribution is -2.45. The van der Waals surface area contributed by atoms with Gasteiger partial charge in [-0.05, 0) is 42.3 Å². The third kappa shape index (κ3) is 4.41. The molecule has 0 aliphatic carbocycles. The molecule has 2 N–H and O–H groups in total. The van der Waals surface area contributed by atoms with Gasteiger partial charge in [0.25, 0.3) is 0 Å². The van der Waals surface area contributed by atoms with Crippen molar-refractivity contribution in [2.24, 2.45) is 0 Å². The zero-order valence-electron chi connectivity index (χ0n) is 14.9. The number of methoxy groups -OCH3 is 1. The van der Waals surface area contributed by atoms with E-state index in [9.17, 15) is 9.59 Å². The van der Waals surface area contributed by atoms with Crippen LogP contribution < -0.4 is 15.4 Å². The van der Waals surface area contributed by atoms with Crippen molar-refractivity contribution < 1.29 is 19.1 Å². The molecule has 1 aliphatic heterocycles. The van der Waals surface area contributed by atoms with Gasteiger partial charge in [0.15, 0.2) is 0 Å². The second kappa shape index (κ2) is 8.14. The smallest absolute Gasteiger partial charge is 0.337 e. The van der Waals surface area contributed by atoms with Crippen molar-refractivity contribution in [2.75, 3.05) is 7.11 Å². The summed E-state index contributed by atoms with van der Waals surface area (Å²) in [6.45, 7) is 2.08. The molecule has 0 aromatic heterocycles. The van der Waals surface area contributed by atoms with Crippen molar-refractivity contribution in [2.45, 2.75) is 19.6 Å². The Morgan fingerprint density at radius 3 is 2.41 bits per heavy atom. The normalized spacial score (nSPS) is 16.4. The van der Waals surface area contributed by atoms with E-state index in [0.29, 0.717) is 28.6 Å². The zero-order valence-corrected chi connectivity index (χ0v) is 15.7. The lowest BCUT2D eigenvalue weighted by atomic mass is 9.95. The standard InChI is InChI=1S/C20H19ClN2O4/c1-12-17(19(24)26-2)18(23-20(25)22-12)14-5-9-16(10-6-14)27-11-13-3-7-15(21)8-4-13/h3-10,18H,11H2,1-2H3,(H2,22,23,25)/t18-/m1/s1. The van der Waals surface area contributed by atoms with Gasteiger partial charge in [-0.25, -0.2) is 9.59 Å². The highest BCUT2D eigenvalue weighted by Gasteiger charge is 2.31. The number of esters is 1. The van der Waals surface area contributed by atoms with Crippen molar-refractivity contribution in [3.8, 4) is 5.75 Å². The summed E-state index contributed by atoms with van der Waals surface area (Å²) in [5, 5.41) is 6.02. The number of hydrogen-bond acceptors (Lipinski definition) is 4. The lowest BCUT2D eigenvalue weighted by molar-refractivity contribution is -0.136. The Hall–Kier alpha value is -2.99. The van der Waals surface area contributed by atoms with Crippen LogP contribution in [0.2, 0.25) is 5.02 Å². The predicted molar refractivity (Wildman–Crippen MR) is 101 cm³/mol. The van der Waals surface area contributed by atoms with E-state index < -0.39 is 12.0 Å². The number of halogens is 1. The Kier molecular flexibility index (Phi) is 5.66. The first kappa shape index (κ1) is 18.8. The molecule has 0 saturated heterocycles. The maximum Gasteiger partial charge on any atom is 0.337 e. The molecule has 2 aromatic carbocycles. The molecule has 2 amide bonds. The Labute approximate surface area is 162 Å². The van der Waals surface area contributed by atoms with Crippen LogP contribution in [0.5, 0.6) is 5.75 Å². The highest BCUT2D eigenvalue weighted by atomic mass is 35.5. The van der Waals surface area contributed by atoms with Crippen LogP contribution in [-0.4, -0.2) is 19.1 Å². The molecule has 1 heterocycles. The largest absolute Gasteiger partial charge is 0.489 e. The number of benzene rings is 2. The van der Waals surface area contributed by atoms with Gasteiger partial charge in [0.1, 0.15) is 12.4 Å². The van der Waals surface area contributed by atoms with E-state index in [0.717, 1.165) is 11.1 Å². The third-order valence-electron chi connectivity index (χ3n) is 4.21. The van der Waals surface area contributed by atoms with Crippen molar-refractivity contribution in [3.63, 3.8) is 0 Å². The van der Waals surface area contributed by atoms with Crippen molar-refractivity contribution >= 4 is 23.6 Å². The Morgan fingerprint density at radius 2 is 1.78 bits per heavy atom. The quantitative estimate of drug-likeness (QED) is 0.768. The molecule has 1 atom stereocenters. The van der Waals surface area contributed by atoms with Gasteiger partial charge in [-0.2, -0.15) is 0 Å². The SMILES string of the molecule is COC(=O)C1=C(C)NC(=O)N[C@@H]1c1ccc(OCc2ccc(Cl)cc2)cc1. The highest BCUT2D eigenvalue weighted by Crippen LogP contribution is 2.28. The number of hydrogen-bond donors (Lipinski definition) is 2. The molecule has 0 saturated carbocycles. The molecule has 0 unspecified atom stereocenters. The van der Waals surface area contributed by atoms with Gasteiger partial charge in [0.2, 0.25) is 0 Å². The van der Waals surface area contributed by atoms with Crippen LogP contribution in [0.25, 0.3) is 0 Å². The van der Waals surface area contributed by atoms with Gasteiger partial charge in [0.05, 0.1) is 18.7 Å². The van der Waals surface area contributed by atoms with Crippen LogP contribution in [0.15, 0.2) is 59.8 Å². The maximum absolute atomic E-state index is 12.1. The topological polar surface area (TPSA) is 76.7 Å². The first-order chi connectivity index (χ1) is 13.0. The van der Waals surface area contributed by atoms with Gasteiger partial charge in [-0.1, -0.05) is 35.9 Å². The molecular weight excluding hydrogens is 368 g/mol. The minimum absolute atomic E-state index is 0.367. The predicted octanol–water partition coefficient (Wildman–Crippen LogP) is 3.72. The fourth-order valence-corrected chi connectivity index (χ4v) is 2.95. The molecule has 0 radical (unpaired) electrons. The summed E-state index contributed by atoms with van der Waals surface area (Å²) >= 11 is 5.87. The summed E-state index contributed by atoms with van der Waals surface area (Å²) < 4.78 is 10.6. The number of carbonyl (C=O) groups is 2. The van der Waals surface area contributed by atoms with Crippen LogP contribution in [0.1, 0.15) is 24.1 Å². The number of allylic oxidation sites excluding steroid dienone is 1. The van der Waals surface area contributed by atoms with E-state index >= 15 is 0 Å². The number of rotatable bonds is 5. The average Bonchev–Trinajstić information content (AvgIpc) is 2.67. The summed E-state index contributed by atoms with van der Waals surface area (Å²) in [5.74, 6) is 0.183. The fraction of sp³-hybridized carbons (Fsp3) is 0.200. The third-order valence-corrected chi connectivity index (χ3v) is 4.46. The first-order valence-corrected chi connectivity index (χ1v) is 8.69. The van der Waals surface area contributed by atoms with E-state index in [-0.39, 0.29) is 6.03 Å². The van der Waals surface area contributed by atoms with Crippen LogP contribution in [-0.2, 0) is 16.1 Å². The number of urea groups is 1. The molecule has 27 heavy (non-hydrogen) atoms. The molecular formula is C20H19ClN2O4. The van der Waals surface area contributed by atoms with Gasteiger partial charge in [0, 0.05) is 10.7 Å². The molecule has 0 bridgehead atoms. The maximum atomic E-state index is 12.1. The molecule has 1 aliphatic rings. The Balaban J connectivity index is 1.75. The lowest BCUT2D eigenvalue weighted by Gasteiger charge is -2.27. The highest BCUT2D eigenvalue weighted by molar-refractivity contribution is 6.30. The van der Waals surface area contributed by atoms with Crippen molar-refractivity contribution in [1.29, 1.82) is 0 Å². The summed E-state index contributed by atoms with van der Waals surface area (Å²) in [7, 11) is 1.31. The number of carbonyl (C=O) groups excluding carboxylic acids is 2. The van der Waals surface area contributed by atoms with E-state index in [1.807, 2.05) is 36.4 Å². The molecule has 0 spiro atoms. The first-order valence-electron chi connectivity index (χ1n) is 8.31. The zero-order chi connectivity index (χ0) is 19.4. The number of amides is 2. The monoisotopic (exact) mass is 386 g/mol. The van der Waals surface area contributed by atoms with Crippen LogP contribution in [0.4, 0.5) is 4.79 Å². The minimum Gasteiger partial charge on any atom is -0.489 e. The Morgan fingerprint density at radius 1 is 1.11 bits per heavy atom. The number of nitrogens with one attached hydrogen (secondary N) is 2. The molecule has 6 nitrogen and oxygen atoms in total. The molecule has 0 fully saturated rings. The second-order valence-electron chi connectivity index (χ2n) is 6.05. The van der Waals surface area contributed by atoms with Crippen molar-refractivity contribution in [1.82, 2.24) is 10.6 Å². The van der Waals surface area contributed by atoms with Crippen LogP contribution in [0, 0.1) is 0 Å². The van der Waals surface area contributed by atoms with Crippen molar-refractivity contribution in [3.05, 3.63) is 76.0 Å². The van der Waals surface area contributed by atoms with Gasteiger partial charge in [-0.15, -0.1) is 0 Å². The molecule has 3 rings (SSSR count). The van der Waals surface area contributed by atoms with Gasteiger partial charge in [-0.3, -0.25) is 0 Å². The summed E-state index contributed by atoms with van der Waals surface area (Å²) in [5.41, 5.74) is 2.59. The van der Waals surface area contributed by atoms with E-state index in [4.69, 9.17) is 21.1 Å². The molecule has 7 heteroatoms. The Bertz CT molecular complexity index is 876. The van der Waals surface area contributed by atoms with E-state index in [2.05, 4.69) is 10.6 Å². The van der Waals surface area contributed by atoms with E-state index in [1.54, 1.807) is 19.1 Å².